The van der Waals surface area contributed by atoms with E-state index in [0.29, 0.717) is 23.4 Å². The first kappa shape index (κ1) is 12.6. The normalized spacial score (nSPS) is 10.4. The summed E-state index contributed by atoms with van der Waals surface area (Å²) < 4.78 is 6.72. The predicted molar refractivity (Wildman–Crippen MR) is 69.0 cm³/mol. The molecule has 0 bridgehead atoms. The Labute approximate surface area is 110 Å². The first-order valence-corrected chi connectivity index (χ1v) is 5.85. The number of methoxy groups -OCH3 is 1. The van der Waals surface area contributed by atoms with Crippen molar-refractivity contribution in [3.8, 4) is 6.01 Å². The van der Waals surface area contributed by atoms with Crippen molar-refractivity contribution in [2.45, 2.75) is 6.42 Å². The highest BCUT2D eigenvalue weighted by atomic mass is 35.5. The van der Waals surface area contributed by atoms with Crippen LogP contribution in [0, 0.1) is 0 Å². The third kappa shape index (κ3) is 3.10. The largest absolute Gasteiger partial charge is 0.467 e. The van der Waals surface area contributed by atoms with E-state index in [4.69, 9.17) is 16.3 Å². The second-order valence-corrected chi connectivity index (χ2v) is 4.16. The Bertz CT molecular complexity index is 528. The van der Waals surface area contributed by atoms with Gasteiger partial charge >= 0.3 is 6.01 Å². The average molecular weight is 268 g/mol. The molecule has 2 aromatic heterocycles. The summed E-state index contributed by atoms with van der Waals surface area (Å²) in [5, 5.41) is 7.72. The van der Waals surface area contributed by atoms with Gasteiger partial charge in [0, 0.05) is 19.8 Å². The van der Waals surface area contributed by atoms with Crippen LogP contribution in [0.5, 0.6) is 6.01 Å². The van der Waals surface area contributed by atoms with Gasteiger partial charge in [-0.25, -0.2) is 4.98 Å². The standard InChI is InChI=1S/C11H14ClN5O/c1-17-7-8(5-15-17)3-4-13-10-9(12)6-14-11(16-10)18-2/h5-7H,3-4H2,1-2H3,(H,13,14,16). The molecule has 0 saturated carbocycles. The molecule has 0 amide bonds. The summed E-state index contributed by atoms with van der Waals surface area (Å²) in [5.41, 5.74) is 1.15. The van der Waals surface area contributed by atoms with Gasteiger partial charge < -0.3 is 10.1 Å². The number of nitrogens with one attached hydrogen (secondary N) is 1. The molecule has 0 unspecified atom stereocenters. The van der Waals surface area contributed by atoms with Gasteiger partial charge in [-0.3, -0.25) is 4.68 Å². The fourth-order valence-electron chi connectivity index (χ4n) is 1.50. The zero-order valence-corrected chi connectivity index (χ0v) is 11.0. The lowest BCUT2D eigenvalue weighted by Gasteiger charge is -2.07. The fourth-order valence-corrected chi connectivity index (χ4v) is 1.66. The van der Waals surface area contributed by atoms with Gasteiger partial charge in [-0.05, 0) is 12.0 Å². The van der Waals surface area contributed by atoms with E-state index in [1.54, 1.807) is 4.68 Å². The Hall–Kier alpha value is -1.82. The van der Waals surface area contributed by atoms with Crippen LogP contribution in [0.15, 0.2) is 18.6 Å². The third-order valence-electron chi connectivity index (χ3n) is 2.37. The van der Waals surface area contributed by atoms with Crippen molar-refractivity contribution in [2.75, 3.05) is 19.0 Å². The highest BCUT2D eigenvalue weighted by Gasteiger charge is 2.05. The predicted octanol–water partition coefficient (Wildman–Crippen LogP) is 1.53. The van der Waals surface area contributed by atoms with Gasteiger partial charge in [-0.1, -0.05) is 11.6 Å². The molecule has 18 heavy (non-hydrogen) atoms. The molecule has 6 nitrogen and oxygen atoms in total. The van der Waals surface area contributed by atoms with Crippen molar-refractivity contribution >= 4 is 17.4 Å². The van der Waals surface area contributed by atoms with E-state index in [2.05, 4.69) is 20.4 Å². The maximum atomic E-state index is 5.98. The van der Waals surface area contributed by atoms with Crippen LogP contribution >= 0.6 is 11.6 Å². The molecular formula is C11H14ClN5O. The molecule has 1 N–H and O–H groups in total. The zero-order chi connectivity index (χ0) is 13.0. The van der Waals surface area contributed by atoms with E-state index in [1.165, 1.54) is 13.3 Å². The molecule has 0 radical (unpaired) electrons. The average Bonchev–Trinajstić information content (AvgIpc) is 2.77. The van der Waals surface area contributed by atoms with Crippen LogP contribution in [-0.2, 0) is 13.5 Å². The molecule has 0 atom stereocenters. The molecule has 0 aliphatic heterocycles. The second kappa shape index (κ2) is 5.68. The third-order valence-corrected chi connectivity index (χ3v) is 2.65. The maximum Gasteiger partial charge on any atom is 0.318 e. The van der Waals surface area contributed by atoms with Gasteiger partial charge in [0.2, 0.25) is 0 Å². The molecule has 0 aliphatic carbocycles. The second-order valence-electron chi connectivity index (χ2n) is 3.75. The Kier molecular flexibility index (Phi) is 3.99. The highest BCUT2D eigenvalue weighted by Crippen LogP contribution is 2.19. The van der Waals surface area contributed by atoms with Crippen molar-refractivity contribution in [3.05, 3.63) is 29.2 Å². The molecular weight excluding hydrogens is 254 g/mol. The first-order valence-electron chi connectivity index (χ1n) is 5.47. The molecule has 2 heterocycles. The van der Waals surface area contributed by atoms with Crippen molar-refractivity contribution in [1.82, 2.24) is 19.7 Å². The molecule has 0 aromatic carbocycles. The number of ether oxygens (including phenoxy) is 1. The van der Waals surface area contributed by atoms with Crippen molar-refractivity contribution in [2.24, 2.45) is 7.05 Å². The topological polar surface area (TPSA) is 64.9 Å². The van der Waals surface area contributed by atoms with E-state index in [0.717, 1.165) is 12.0 Å². The van der Waals surface area contributed by atoms with Crippen LogP contribution in [0.3, 0.4) is 0 Å². The molecule has 96 valence electrons. The SMILES string of the molecule is COc1ncc(Cl)c(NCCc2cnn(C)c2)n1. The molecule has 0 fully saturated rings. The fraction of sp³-hybridized carbons (Fsp3) is 0.364. The molecule has 0 saturated heterocycles. The van der Waals surface area contributed by atoms with Gasteiger partial charge in [0.15, 0.2) is 5.82 Å². The summed E-state index contributed by atoms with van der Waals surface area (Å²) in [6.45, 7) is 0.714. The van der Waals surface area contributed by atoms with Crippen LogP contribution in [0.1, 0.15) is 5.56 Å². The number of hydrogen-bond donors (Lipinski definition) is 1. The van der Waals surface area contributed by atoms with Gasteiger partial charge in [-0.2, -0.15) is 10.1 Å². The number of anilines is 1. The van der Waals surface area contributed by atoms with Crippen molar-refractivity contribution < 1.29 is 4.74 Å². The van der Waals surface area contributed by atoms with E-state index in [1.807, 2.05) is 19.4 Å². The lowest BCUT2D eigenvalue weighted by Crippen LogP contribution is -2.07. The van der Waals surface area contributed by atoms with E-state index < -0.39 is 0 Å². The van der Waals surface area contributed by atoms with Gasteiger partial charge in [0.25, 0.3) is 0 Å². The van der Waals surface area contributed by atoms with Gasteiger partial charge in [-0.15, -0.1) is 0 Å². The van der Waals surface area contributed by atoms with Crippen LogP contribution < -0.4 is 10.1 Å². The summed E-state index contributed by atoms with van der Waals surface area (Å²) >= 11 is 5.98. The maximum absolute atomic E-state index is 5.98. The Morgan fingerprint density at radius 3 is 2.94 bits per heavy atom. The summed E-state index contributed by atoms with van der Waals surface area (Å²) in [4.78, 5) is 8.04. The van der Waals surface area contributed by atoms with E-state index in [9.17, 15) is 0 Å². The number of rotatable bonds is 5. The molecule has 2 aromatic rings. The van der Waals surface area contributed by atoms with Gasteiger partial charge in [0.05, 0.1) is 19.5 Å². The zero-order valence-electron chi connectivity index (χ0n) is 10.2. The number of hydrogen-bond acceptors (Lipinski definition) is 5. The summed E-state index contributed by atoms with van der Waals surface area (Å²) in [6.07, 6.45) is 6.17. The molecule has 2 rings (SSSR count). The summed E-state index contributed by atoms with van der Waals surface area (Å²) in [7, 11) is 3.41. The van der Waals surface area contributed by atoms with Crippen LogP contribution in [0.2, 0.25) is 5.02 Å². The van der Waals surface area contributed by atoms with Crippen LogP contribution in [0.25, 0.3) is 0 Å². The van der Waals surface area contributed by atoms with Crippen LogP contribution in [0.4, 0.5) is 5.82 Å². The van der Waals surface area contributed by atoms with Crippen LogP contribution in [-0.4, -0.2) is 33.4 Å². The minimum Gasteiger partial charge on any atom is -0.467 e. The smallest absolute Gasteiger partial charge is 0.318 e. The van der Waals surface area contributed by atoms with E-state index in [-0.39, 0.29) is 0 Å². The number of halogens is 1. The number of nitrogens with zero attached hydrogens (tertiary/aromatic N) is 4. The first-order chi connectivity index (χ1) is 8.69. The van der Waals surface area contributed by atoms with Crippen molar-refractivity contribution in [3.63, 3.8) is 0 Å². The monoisotopic (exact) mass is 267 g/mol. The lowest BCUT2D eigenvalue weighted by molar-refractivity contribution is 0.380. The Morgan fingerprint density at radius 1 is 1.44 bits per heavy atom. The summed E-state index contributed by atoms with van der Waals surface area (Å²) in [5.74, 6) is 0.576. The van der Waals surface area contributed by atoms with E-state index >= 15 is 0 Å². The lowest BCUT2D eigenvalue weighted by atomic mass is 10.2. The highest BCUT2D eigenvalue weighted by molar-refractivity contribution is 6.32. The summed E-state index contributed by atoms with van der Waals surface area (Å²) in [6, 6.07) is 0.295. The molecule has 7 heteroatoms. The molecule has 0 aliphatic rings. The minimum atomic E-state index is 0.295. The Morgan fingerprint density at radius 2 is 2.28 bits per heavy atom. The quantitative estimate of drug-likeness (QED) is 0.890. The van der Waals surface area contributed by atoms with Crippen molar-refractivity contribution in [1.29, 1.82) is 0 Å². The van der Waals surface area contributed by atoms with Gasteiger partial charge in [0.1, 0.15) is 5.02 Å². The minimum absolute atomic E-state index is 0.295. The number of aryl methyl sites for hydroxylation is 1. The number of aromatic nitrogens is 4. The molecule has 0 spiro atoms. The Balaban J connectivity index is 1.93.